The number of benzene rings is 1. The Labute approximate surface area is 146 Å². The van der Waals surface area contributed by atoms with Crippen molar-refractivity contribution in [2.75, 3.05) is 26.3 Å². The SMILES string of the molecule is CCOC(CN(CC(C)C)C(=O)[C@@H](N)Cc1ccccc1)OCC. The fraction of sp³-hybridized carbons (Fsp3) is 0.632. The van der Waals surface area contributed by atoms with Gasteiger partial charge in [0.1, 0.15) is 0 Å². The molecule has 5 heteroatoms. The highest BCUT2D eigenvalue weighted by atomic mass is 16.7. The normalized spacial score (nSPS) is 12.6. The molecule has 0 fully saturated rings. The number of rotatable bonds is 11. The van der Waals surface area contributed by atoms with Crippen molar-refractivity contribution in [2.45, 2.75) is 46.4 Å². The zero-order chi connectivity index (χ0) is 17.9. The molecule has 0 aromatic heterocycles. The van der Waals surface area contributed by atoms with Gasteiger partial charge in [0.15, 0.2) is 6.29 Å². The standard InChI is InChI=1S/C19H32N2O3/c1-5-23-18(24-6-2)14-21(13-15(3)4)19(22)17(20)12-16-10-8-7-9-11-16/h7-11,15,17-18H,5-6,12-14,20H2,1-4H3/t17-/m0/s1. The molecule has 24 heavy (non-hydrogen) atoms. The second-order valence-electron chi connectivity index (χ2n) is 6.27. The first-order valence-electron chi connectivity index (χ1n) is 8.79. The van der Waals surface area contributed by atoms with Crippen LogP contribution >= 0.6 is 0 Å². The molecule has 0 aliphatic rings. The zero-order valence-corrected chi connectivity index (χ0v) is 15.4. The van der Waals surface area contributed by atoms with Crippen molar-refractivity contribution in [3.8, 4) is 0 Å². The summed E-state index contributed by atoms with van der Waals surface area (Å²) in [5.74, 6) is 0.290. The molecule has 0 unspecified atom stereocenters. The molecule has 136 valence electrons. The van der Waals surface area contributed by atoms with Gasteiger partial charge in [0, 0.05) is 19.8 Å². The van der Waals surface area contributed by atoms with E-state index in [9.17, 15) is 4.79 Å². The number of nitrogens with two attached hydrogens (primary N) is 1. The van der Waals surface area contributed by atoms with Crippen LogP contribution in [-0.4, -0.2) is 49.4 Å². The van der Waals surface area contributed by atoms with Gasteiger partial charge in [-0.15, -0.1) is 0 Å². The predicted octanol–water partition coefficient (Wildman–Crippen LogP) is 2.44. The minimum Gasteiger partial charge on any atom is -0.351 e. The van der Waals surface area contributed by atoms with E-state index < -0.39 is 12.3 Å². The average Bonchev–Trinajstić information content (AvgIpc) is 2.54. The Hall–Kier alpha value is -1.43. The highest BCUT2D eigenvalue weighted by Crippen LogP contribution is 2.09. The van der Waals surface area contributed by atoms with Gasteiger partial charge in [0.25, 0.3) is 0 Å². The van der Waals surface area contributed by atoms with E-state index in [1.54, 1.807) is 4.90 Å². The molecule has 1 aromatic rings. The van der Waals surface area contributed by atoms with E-state index in [4.69, 9.17) is 15.2 Å². The topological polar surface area (TPSA) is 64.8 Å². The summed E-state index contributed by atoms with van der Waals surface area (Å²) in [6, 6.07) is 9.29. The molecule has 1 rings (SSSR count). The van der Waals surface area contributed by atoms with Gasteiger partial charge in [-0.05, 0) is 31.7 Å². The lowest BCUT2D eigenvalue weighted by Crippen LogP contribution is -2.49. The van der Waals surface area contributed by atoms with Crippen LogP contribution in [0.2, 0.25) is 0 Å². The average molecular weight is 336 g/mol. The van der Waals surface area contributed by atoms with Gasteiger partial charge < -0.3 is 20.1 Å². The number of hydrogen-bond acceptors (Lipinski definition) is 4. The van der Waals surface area contributed by atoms with Crippen LogP contribution in [-0.2, 0) is 20.7 Å². The molecule has 0 bridgehead atoms. The van der Waals surface area contributed by atoms with Crippen LogP contribution in [0, 0.1) is 5.92 Å². The van der Waals surface area contributed by atoms with E-state index in [2.05, 4.69) is 13.8 Å². The molecule has 0 aliphatic carbocycles. The number of amides is 1. The monoisotopic (exact) mass is 336 g/mol. The molecular weight excluding hydrogens is 304 g/mol. The molecule has 0 saturated carbocycles. The van der Waals surface area contributed by atoms with Crippen molar-refractivity contribution in [3.05, 3.63) is 35.9 Å². The Morgan fingerprint density at radius 1 is 1.08 bits per heavy atom. The van der Waals surface area contributed by atoms with Crippen molar-refractivity contribution in [2.24, 2.45) is 11.7 Å². The van der Waals surface area contributed by atoms with Crippen molar-refractivity contribution in [1.82, 2.24) is 4.90 Å². The fourth-order valence-corrected chi connectivity index (χ4v) is 2.59. The van der Waals surface area contributed by atoms with Crippen LogP contribution in [0.3, 0.4) is 0 Å². The molecule has 1 amide bonds. The number of carbonyl (C=O) groups is 1. The van der Waals surface area contributed by atoms with Gasteiger partial charge in [0.2, 0.25) is 5.91 Å². The quantitative estimate of drug-likeness (QED) is 0.630. The second kappa shape index (κ2) is 11.2. The fourth-order valence-electron chi connectivity index (χ4n) is 2.59. The first-order chi connectivity index (χ1) is 11.5. The first kappa shape index (κ1) is 20.6. The molecule has 0 heterocycles. The summed E-state index contributed by atoms with van der Waals surface area (Å²) in [6.45, 7) is 10.1. The Morgan fingerprint density at radius 2 is 1.67 bits per heavy atom. The predicted molar refractivity (Wildman–Crippen MR) is 96.6 cm³/mol. The molecule has 0 radical (unpaired) electrons. The van der Waals surface area contributed by atoms with E-state index in [1.807, 2.05) is 44.2 Å². The van der Waals surface area contributed by atoms with Gasteiger partial charge >= 0.3 is 0 Å². The summed E-state index contributed by atoms with van der Waals surface area (Å²) in [4.78, 5) is 14.6. The van der Waals surface area contributed by atoms with E-state index in [0.29, 0.717) is 38.6 Å². The molecular formula is C19H32N2O3. The lowest BCUT2D eigenvalue weighted by molar-refractivity contribution is -0.160. The lowest BCUT2D eigenvalue weighted by atomic mass is 10.0. The Balaban J connectivity index is 2.75. The third kappa shape index (κ3) is 7.43. The number of hydrogen-bond donors (Lipinski definition) is 1. The van der Waals surface area contributed by atoms with Crippen LogP contribution in [0.25, 0.3) is 0 Å². The van der Waals surface area contributed by atoms with Crippen LogP contribution in [0.15, 0.2) is 30.3 Å². The highest BCUT2D eigenvalue weighted by Gasteiger charge is 2.25. The first-order valence-corrected chi connectivity index (χ1v) is 8.79. The van der Waals surface area contributed by atoms with E-state index >= 15 is 0 Å². The van der Waals surface area contributed by atoms with Crippen LogP contribution in [0.1, 0.15) is 33.3 Å². The van der Waals surface area contributed by atoms with Crippen LogP contribution in [0.4, 0.5) is 0 Å². The molecule has 0 saturated heterocycles. The minimum atomic E-state index is -0.560. The molecule has 0 spiro atoms. The third-order valence-corrected chi connectivity index (χ3v) is 3.59. The largest absolute Gasteiger partial charge is 0.351 e. The van der Waals surface area contributed by atoms with Crippen molar-refractivity contribution in [1.29, 1.82) is 0 Å². The molecule has 5 nitrogen and oxygen atoms in total. The minimum absolute atomic E-state index is 0.0584. The van der Waals surface area contributed by atoms with Crippen LogP contribution in [0.5, 0.6) is 0 Å². The summed E-state index contributed by atoms with van der Waals surface area (Å²) in [5, 5.41) is 0. The Bertz CT molecular complexity index is 459. The highest BCUT2D eigenvalue weighted by molar-refractivity contribution is 5.82. The molecule has 0 aliphatic heterocycles. The van der Waals surface area contributed by atoms with E-state index in [0.717, 1.165) is 5.56 Å². The van der Waals surface area contributed by atoms with Gasteiger partial charge in [-0.3, -0.25) is 4.79 Å². The van der Waals surface area contributed by atoms with Crippen molar-refractivity contribution in [3.63, 3.8) is 0 Å². The number of nitrogens with zero attached hydrogens (tertiary/aromatic N) is 1. The van der Waals surface area contributed by atoms with Gasteiger partial charge in [-0.2, -0.15) is 0 Å². The maximum Gasteiger partial charge on any atom is 0.240 e. The zero-order valence-electron chi connectivity index (χ0n) is 15.4. The van der Waals surface area contributed by atoms with E-state index in [1.165, 1.54) is 0 Å². The number of carbonyl (C=O) groups excluding carboxylic acids is 1. The molecule has 2 N–H and O–H groups in total. The summed E-state index contributed by atoms with van der Waals surface area (Å²) >= 11 is 0. The Kier molecular flexibility index (Phi) is 9.60. The van der Waals surface area contributed by atoms with Gasteiger partial charge in [-0.1, -0.05) is 44.2 Å². The lowest BCUT2D eigenvalue weighted by Gasteiger charge is -2.30. The van der Waals surface area contributed by atoms with Crippen LogP contribution < -0.4 is 5.73 Å². The van der Waals surface area contributed by atoms with Gasteiger partial charge in [0.05, 0.1) is 12.6 Å². The third-order valence-electron chi connectivity index (χ3n) is 3.59. The summed E-state index contributed by atoms with van der Waals surface area (Å²) in [7, 11) is 0. The van der Waals surface area contributed by atoms with Crippen molar-refractivity contribution < 1.29 is 14.3 Å². The maximum atomic E-state index is 12.8. The summed E-state index contributed by atoms with van der Waals surface area (Å²) in [5.41, 5.74) is 7.24. The molecule has 1 atom stereocenters. The number of ether oxygens (including phenoxy) is 2. The van der Waals surface area contributed by atoms with Crippen molar-refractivity contribution >= 4 is 5.91 Å². The molecule has 1 aromatic carbocycles. The summed E-state index contributed by atoms with van der Waals surface area (Å²) < 4.78 is 11.2. The summed E-state index contributed by atoms with van der Waals surface area (Å²) in [6.07, 6.45) is 0.119. The maximum absolute atomic E-state index is 12.8. The second-order valence-corrected chi connectivity index (χ2v) is 6.27. The van der Waals surface area contributed by atoms with Gasteiger partial charge in [-0.25, -0.2) is 0 Å². The van der Waals surface area contributed by atoms with E-state index in [-0.39, 0.29) is 5.91 Å². The Morgan fingerprint density at radius 3 is 2.17 bits per heavy atom. The smallest absolute Gasteiger partial charge is 0.240 e.